The van der Waals surface area contributed by atoms with E-state index in [-0.39, 0.29) is 11.8 Å². The average molecular weight is 357 g/mol. The lowest BCUT2D eigenvalue weighted by atomic mass is 9.96. The number of hydrogen-bond donors (Lipinski definition) is 0. The molecule has 1 aliphatic rings. The topological polar surface area (TPSA) is 77.0 Å². The third-order valence-electron chi connectivity index (χ3n) is 4.58. The van der Waals surface area contributed by atoms with Crippen LogP contribution in [0.1, 0.15) is 46.5 Å². The van der Waals surface area contributed by atoms with Gasteiger partial charge in [0.15, 0.2) is 12.1 Å². The molecule has 1 atom stereocenters. The first kappa shape index (κ1) is 16.0. The number of likely N-dealkylation sites (tertiary alicyclic amines) is 1. The summed E-state index contributed by atoms with van der Waals surface area (Å²) in [5.74, 6) is 1.74. The summed E-state index contributed by atoms with van der Waals surface area (Å²) in [6.45, 7) is 3.88. The summed E-state index contributed by atoms with van der Waals surface area (Å²) in [4.78, 5) is 27.5. The largest absolute Gasteiger partial charge is 0.448 e. The van der Waals surface area contributed by atoms with Crippen LogP contribution in [0.3, 0.4) is 0 Å². The molecule has 0 aliphatic carbocycles. The molecule has 8 heteroatoms. The molecule has 4 rings (SSSR count). The highest BCUT2D eigenvalue weighted by atomic mass is 32.1. The Morgan fingerprint density at radius 2 is 2.32 bits per heavy atom. The molecular formula is C17H19N5O2S. The number of imidazole rings is 1. The predicted octanol–water partition coefficient (Wildman–Crippen LogP) is 2.70. The second-order valence-corrected chi connectivity index (χ2v) is 6.96. The summed E-state index contributed by atoms with van der Waals surface area (Å²) in [5.41, 5.74) is 3.28. The fourth-order valence-corrected chi connectivity index (χ4v) is 3.89. The minimum atomic E-state index is -0.0615. The van der Waals surface area contributed by atoms with Gasteiger partial charge >= 0.3 is 0 Å². The van der Waals surface area contributed by atoms with Crippen molar-refractivity contribution in [1.82, 2.24) is 24.4 Å². The zero-order valence-electron chi connectivity index (χ0n) is 14.0. The molecule has 1 aliphatic heterocycles. The molecule has 7 nitrogen and oxygen atoms in total. The van der Waals surface area contributed by atoms with Gasteiger partial charge in [0.2, 0.25) is 0 Å². The maximum atomic E-state index is 12.7. The molecule has 3 aromatic rings. The van der Waals surface area contributed by atoms with Crippen LogP contribution in [0.2, 0.25) is 0 Å². The zero-order valence-corrected chi connectivity index (χ0v) is 14.8. The van der Waals surface area contributed by atoms with Crippen LogP contribution >= 0.6 is 11.3 Å². The molecule has 0 saturated carbocycles. The second kappa shape index (κ2) is 6.79. The molecule has 4 heterocycles. The lowest BCUT2D eigenvalue weighted by molar-refractivity contribution is 0.0696. The lowest BCUT2D eigenvalue weighted by Gasteiger charge is -2.32. The Hall–Kier alpha value is -2.48. The number of aryl methyl sites for hydroxylation is 1. The van der Waals surface area contributed by atoms with Crippen LogP contribution in [-0.4, -0.2) is 43.4 Å². The van der Waals surface area contributed by atoms with E-state index in [0.29, 0.717) is 24.5 Å². The third kappa shape index (κ3) is 3.21. The van der Waals surface area contributed by atoms with Crippen LogP contribution in [0, 0.1) is 6.92 Å². The Balaban J connectivity index is 1.51. The Bertz CT molecular complexity index is 854. The molecule has 0 aromatic carbocycles. The molecule has 3 aromatic heterocycles. The van der Waals surface area contributed by atoms with Crippen molar-refractivity contribution in [3.8, 4) is 0 Å². The number of carbonyl (C=O) groups is 1. The van der Waals surface area contributed by atoms with Gasteiger partial charge in [0.05, 0.1) is 17.7 Å². The molecule has 25 heavy (non-hydrogen) atoms. The number of nitrogens with zero attached hydrogens (tertiary/aromatic N) is 5. The smallest absolute Gasteiger partial charge is 0.276 e. The predicted molar refractivity (Wildman–Crippen MR) is 92.6 cm³/mol. The van der Waals surface area contributed by atoms with Crippen molar-refractivity contribution in [3.05, 3.63) is 52.7 Å². The van der Waals surface area contributed by atoms with E-state index in [4.69, 9.17) is 4.42 Å². The molecular weight excluding hydrogens is 338 g/mol. The normalized spacial score (nSPS) is 17.8. The standard InChI is InChI=1S/C17H19N5O2S/c1-12-15(19-10-24-12)17(23)22-5-2-3-13(7-22)16-18-4-6-21(16)8-14-9-25-11-20-14/h4,6,9-11,13H,2-3,5,7-8H2,1H3/t13-/m1/s1. The van der Waals surface area contributed by atoms with Crippen molar-refractivity contribution >= 4 is 17.2 Å². The minimum Gasteiger partial charge on any atom is -0.448 e. The summed E-state index contributed by atoms with van der Waals surface area (Å²) in [7, 11) is 0. The van der Waals surface area contributed by atoms with Crippen LogP contribution < -0.4 is 0 Å². The van der Waals surface area contributed by atoms with Crippen molar-refractivity contribution in [2.75, 3.05) is 13.1 Å². The molecule has 0 spiro atoms. The lowest BCUT2D eigenvalue weighted by Crippen LogP contribution is -2.40. The second-order valence-electron chi connectivity index (χ2n) is 6.24. The van der Waals surface area contributed by atoms with Gasteiger partial charge < -0.3 is 13.9 Å². The minimum absolute atomic E-state index is 0.0615. The fraction of sp³-hybridized carbons (Fsp3) is 0.412. The summed E-state index contributed by atoms with van der Waals surface area (Å²) in [5, 5.41) is 2.05. The Morgan fingerprint density at radius 1 is 1.40 bits per heavy atom. The van der Waals surface area contributed by atoms with E-state index in [1.54, 1.807) is 18.3 Å². The number of aromatic nitrogens is 4. The summed E-state index contributed by atoms with van der Waals surface area (Å²) in [6, 6.07) is 0. The van der Waals surface area contributed by atoms with Gasteiger partial charge in [-0.25, -0.2) is 15.0 Å². The molecule has 0 radical (unpaired) electrons. The van der Waals surface area contributed by atoms with E-state index < -0.39 is 0 Å². The number of rotatable bonds is 4. The molecule has 1 saturated heterocycles. The number of amides is 1. The van der Waals surface area contributed by atoms with Crippen molar-refractivity contribution in [2.45, 2.75) is 32.2 Å². The highest BCUT2D eigenvalue weighted by Gasteiger charge is 2.29. The Labute approximate surface area is 149 Å². The zero-order chi connectivity index (χ0) is 17.2. The van der Waals surface area contributed by atoms with E-state index >= 15 is 0 Å². The van der Waals surface area contributed by atoms with Gasteiger partial charge in [-0.1, -0.05) is 0 Å². The van der Waals surface area contributed by atoms with Gasteiger partial charge in [0.25, 0.3) is 5.91 Å². The van der Waals surface area contributed by atoms with Crippen molar-refractivity contribution in [2.24, 2.45) is 0 Å². The van der Waals surface area contributed by atoms with Crippen molar-refractivity contribution in [3.63, 3.8) is 0 Å². The SMILES string of the molecule is Cc1ocnc1C(=O)N1CCC[C@@H](c2nccn2Cc2cscn2)C1. The molecule has 1 amide bonds. The van der Waals surface area contributed by atoms with E-state index in [1.165, 1.54) is 6.39 Å². The highest BCUT2D eigenvalue weighted by Crippen LogP contribution is 2.27. The van der Waals surface area contributed by atoms with Gasteiger partial charge in [-0.2, -0.15) is 0 Å². The molecule has 0 unspecified atom stereocenters. The molecule has 0 bridgehead atoms. The van der Waals surface area contributed by atoms with Crippen molar-refractivity contribution in [1.29, 1.82) is 0 Å². The van der Waals surface area contributed by atoms with Crippen LogP contribution in [0.4, 0.5) is 0 Å². The number of hydrogen-bond acceptors (Lipinski definition) is 6. The van der Waals surface area contributed by atoms with Gasteiger partial charge in [-0.05, 0) is 19.8 Å². The summed E-state index contributed by atoms with van der Waals surface area (Å²) < 4.78 is 7.31. The van der Waals surface area contributed by atoms with Crippen LogP contribution in [0.5, 0.6) is 0 Å². The summed E-state index contributed by atoms with van der Waals surface area (Å²) in [6.07, 6.45) is 7.11. The monoisotopic (exact) mass is 357 g/mol. The van der Waals surface area contributed by atoms with Gasteiger partial charge in [-0.15, -0.1) is 11.3 Å². The first-order valence-electron chi connectivity index (χ1n) is 8.30. The van der Waals surface area contributed by atoms with E-state index in [0.717, 1.165) is 30.9 Å². The fourth-order valence-electron chi connectivity index (χ4n) is 3.34. The molecule has 130 valence electrons. The maximum Gasteiger partial charge on any atom is 0.276 e. The average Bonchev–Trinajstić information content (AvgIpc) is 3.37. The Morgan fingerprint density at radius 3 is 3.08 bits per heavy atom. The Kier molecular flexibility index (Phi) is 4.35. The van der Waals surface area contributed by atoms with Gasteiger partial charge in [0.1, 0.15) is 11.6 Å². The van der Waals surface area contributed by atoms with Crippen LogP contribution in [0.25, 0.3) is 0 Å². The first-order valence-corrected chi connectivity index (χ1v) is 9.24. The molecule has 0 N–H and O–H groups in total. The number of piperidine rings is 1. The number of thiazole rings is 1. The van der Waals surface area contributed by atoms with Crippen LogP contribution in [0.15, 0.2) is 34.1 Å². The van der Waals surface area contributed by atoms with Crippen molar-refractivity contribution < 1.29 is 9.21 Å². The van der Waals surface area contributed by atoms with Crippen LogP contribution in [-0.2, 0) is 6.54 Å². The number of oxazole rings is 1. The van der Waals surface area contributed by atoms with E-state index in [2.05, 4.69) is 19.5 Å². The first-order chi connectivity index (χ1) is 12.2. The number of carbonyl (C=O) groups excluding carboxylic acids is 1. The molecule has 1 fully saturated rings. The third-order valence-corrected chi connectivity index (χ3v) is 5.22. The van der Waals surface area contributed by atoms with E-state index in [9.17, 15) is 4.79 Å². The van der Waals surface area contributed by atoms with Gasteiger partial charge in [-0.3, -0.25) is 4.79 Å². The summed E-state index contributed by atoms with van der Waals surface area (Å²) >= 11 is 1.59. The van der Waals surface area contributed by atoms with E-state index in [1.807, 2.05) is 28.2 Å². The quantitative estimate of drug-likeness (QED) is 0.717. The van der Waals surface area contributed by atoms with Gasteiger partial charge in [0, 0.05) is 36.8 Å². The maximum absolute atomic E-state index is 12.7. The highest BCUT2D eigenvalue weighted by molar-refractivity contribution is 7.07.